The minimum absolute atomic E-state index is 0.224. The van der Waals surface area contributed by atoms with E-state index in [0.29, 0.717) is 5.15 Å². The molecule has 0 saturated heterocycles. The SMILES string of the molecule is CC(Nc1ccnc(Cl)c1)c1ccc(Br)cc1. The fourth-order valence-electron chi connectivity index (χ4n) is 1.58. The molecule has 1 unspecified atom stereocenters. The summed E-state index contributed by atoms with van der Waals surface area (Å²) in [6, 6.07) is 12.2. The number of hydrogen-bond donors (Lipinski definition) is 1. The summed E-state index contributed by atoms with van der Waals surface area (Å²) in [5.74, 6) is 0. The summed E-state index contributed by atoms with van der Waals surface area (Å²) in [6.45, 7) is 2.11. The Hall–Kier alpha value is -1.06. The molecule has 0 radical (unpaired) electrons. The molecule has 0 aliphatic carbocycles. The second-order valence-electron chi connectivity index (χ2n) is 3.78. The second kappa shape index (κ2) is 5.52. The third kappa shape index (κ3) is 3.45. The van der Waals surface area contributed by atoms with E-state index >= 15 is 0 Å². The van der Waals surface area contributed by atoms with Gasteiger partial charge < -0.3 is 5.32 Å². The molecule has 0 bridgehead atoms. The molecule has 0 fully saturated rings. The van der Waals surface area contributed by atoms with Crippen LogP contribution in [0.3, 0.4) is 0 Å². The maximum atomic E-state index is 5.84. The smallest absolute Gasteiger partial charge is 0.131 e. The van der Waals surface area contributed by atoms with Crippen molar-refractivity contribution in [2.45, 2.75) is 13.0 Å². The Bertz CT molecular complexity index is 499. The van der Waals surface area contributed by atoms with E-state index in [1.54, 1.807) is 6.20 Å². The van der Waals surface area contributed by atoms with Crippen molar-refractivity contribution in [2.24, 2.45) is 0 Å². The summed E-state index contributed by atoms with van der Waals surface area (Å²) >= 11 is 9.26. The standard InChI is InChI=1S/C13H12BrClN2/c1-9(10-2-4-11(14)5-3-10)17-12-6-7-16-13(15)8-12/h2-9H,1H3,(H,16,17). The minimum atomic E-state index is 0.224. The van der Waals surface area contributed by atoms with E-state index in [2.05, 4.69) is 45.3 Å². The number of pyridine rings is 1. The maximum absolute atomic E-state index is 5.84. The third-order valence-electron chi connectivity index (χ3n) is 2.48. The predicted molar refractivity (Wildman–Crippen MR) is 75.4 cm³/mol. The fourth-order valence-corrected chi connectivity index (χ4v) is 2.02. The first-order chi connectivity index (χ1) is 8.15. The maximum Gasteiger partial charge on any atom is 0.131 e. The van der Waals surface area contributed by atoms with Gasteiger partial charge in [-0.3, -0.25) is 0 Å². The summed E-state index contributed by atoms with van der Waals surface area (Å²) in [5, 5.41) is 3.88. The number of hydrogen-bond acceptors (Lipinski definition) is 2. The molecule has 0 amide bonds. The molecule has 17 heavy (non-hydrogen) atoms. The molecule has 1 aromatic carbocycles. The van der Waals surface area contributed by atoms with Gasteiger partial charge >= 0.3 is 0 Å². The number of nitrogens with one attached hydrogen (secondary N) is 1. The largest absolute Gasteiger partial charge is 0.378 e. The number of aromatic nitrogens is 1. The number of benzene rings is 1. The first-order valence-electron chi connectivity index (χ1n) is 5.29. The van der Waals surface area contributed by atoms with Crippen LogP contribution in [-0.4, -0.2) is 4.98 Å². The van der Waals surface area contributed by atoms with Gasteiger partial charge in [-0.2, -0.15) is 0 Å². The minimum Gasteiger partial charge on any atom is -0.378 e. The molecule has 88 valence electrons. The summed E-state index contributed by atoms with van der Waals surface area (Å²) in [7, 11) is 0. The molecule has 2 nitrogen and oxygen atoms in total. The van der Waals surface area contributed by atoms with Crippen molar-refractivity contribution < 1.29 is 0 Å². The van der Waals surface area contributed by atoms with E-state index in [1.165, 1.54) is 5.56 Å². The summed E-state index contributed by atoms with van der Waals surface area (Å²) in [6.07, 6.45) is 1.69. The average molecular weight is 312 g/mol. The number of rotatable bonds is 3. The highest BCUT2D eigenvalue weighted by Crippen LogP contribution is 2.21. The Labute approximate surface area is 114 Å². The molecule has 1 atom stereocenters. The van der Waals surface area contributed by atoms with Crippen LogP contribution < -0.4 is 5.32 Å². The topological polar surface area (TPSA) is 24.9 Å². The van der Waals surface area contributed by atoms with Gasteiger partial charge in [-0.25, -0.2) is 4.98 Å². The molecule has 4 heteroatoms. The monoisotopic (exact) mass is 310 g/mol. The van der Waals surface area contributed by atoms with Crippen LogP contribution in [-0.2, 0) is 0 Å². The van der Waals surface area contributed by atoms with Crippen molar-refractivity contribution >= 4 is 33.2 Å². The molecule has 0 aliphatic rings. The van der Waals surface area contributed by atoms with Gasteiger partial charge in [-0.1, -0.05) is 39.7 Å². The Morgan fingerprint density at radius 2 is 1.94 bits per heavy atom. The predicted octanol–water partition coefficient (Wildman–Crippen LogP) is 4.67. The van der Waals surface area contributed by atoms with E-state index in [9.17, 15) is 0 Å². The zero-order chi connectivity index (χ0) is 12.3. The molecule has 1 heterocycles. The highest BCUT2D eigenvalue weighted by atomic mass is 79.9. The van der Waals surface area contributed by atoms with Crippen LogP contribution in [0.2, 0.25) is 5.15 Å². The second-order valence-corrected chi connectivity index (χ2v) is 5.09. The molecule has 2 rings (SSSR count). The Morgan fingerprint density at radius 1 is 1.24 bits per heavy atom. The van der Waals surface area contributed by atoms with Crippen LogP contribution in [0.5, 0.6) is 0 Å². The number of halogens is 2. The Kier molecular flexibility index (Phi) is 4.02. The van der Waals surface area contributed by atoms with E-state index in [4.69, 9.17) is 11.6 Å². The molecule has 1 aromatic heterocycles. The zero-order valence-electron chi connectivity index (χ0n) is 9.32. The van der Waals surface area contributed by atoms with Crippen molar-refractivity contribution in [3.8, 4) is 0 Å². The number of nitrogens with zero attached hydrogens (tertiary/aromatic N) is 1. The molecular formula is C13H12BrClN2. The molecule has 2 aromatic rings. The van der Waals surface area contributed by atoms with Gasteiger partial charge in [-0.15, -0.1) is 0 Å². The Morgan fingerprint density at radius 3 is 2.59 bits per heavy atom. The van der Waals surface area contributed by atoms with E-state index in [-0.39, 0.29) is 6.04 Å². The molecule has 0 saturated carbocycles. The summed E-state index contributed by atoms with van der Waals surface area (Å²) < 4.78 is 1.08. The van der Waals surface area contributed by atoms with Gasteiger partial charge in [0.15, 0.2) is 0 Å². The fraction of sp³-hybridized carbons (Fsp3) is 0.154. The van der Waals surface area contributed by atoms with Crippen LogP contribution in [0.25, 0.3) is 0 Å². The lowest BCUT2D eigenvalue weighted by Gasteiger charge is -2.15. The van der Waals surface area contributed by atoms with Gasteiger partial charge in [0, 0.05) is 22.4 Å². The van der Waals surface area contributed by atoms with Gasteiger partial charge in [0.25, 0.3) is 0 Å². The van der Waals surface area contributed by atoms with E-state index in [1.807, 2.05) is 24.3 Å². The van der Waals surface area contributed by atoms with Crippen LogP contribution >= 0.6 is 27.5 Å². The molecule has 1 N–H and O–H groups in total. The van der Waals surface area contributed by atoms with Crippen LogP contribution in [0.15, 0.2) is 47.1 Å². The van der Waals surface area contributed by atoms with Crippen LogP contribution in [0.4, 0.5) is 5.69 Å². The molecule has 0 aliphatic heterocycles. The quantitative estimate of drug-likeness (QED) is 0.833. The van der Waals surface area contributed by atoms with Crippen LogP contribution in [0.1, 0.15) is 18.5 Å². The van der Waals surface area contributed by atoms with Crippen molar-refractivity contribution in [3.05, 3.63) is 57.8 Å². The summed E-state index contributed by atoms with van der Waals surface area (Å²) in [4.78, 5) is 3.95. The average Bonchev–Trinajstić information content (AvgIpc) is 2.29. The van der Waals surface area contributed by atoms with Crippen molar-refractivity contribution in [1.29, 1.82) is 0 Å². The highest BCUT2D eigenvalue weighted by molar-refractivity contribution is 9.10. The third-order valence-corrected chi connectivity index (χ3v) is 3.22. The lowest BCUT2D eigenvalue weighted by Crippen LogP contribution is -2.06. The lowest BCUT2D eigenvalue weighted by molar-refractivity contribution is 0.883. The van der Waals surface area contributed by atoms with Gasteiger partial charge in [0.1, 0.15) is 5.15 Å². The van der Waals surface area contributed by atoms with E-state index < -0.39 is 0 Å². The van der Waals surface area contributed by atoms with Gasteiger partial charge in [0.05, 0.1) is 0 Å². The van der Waals surface area contributed by atoms with Crippen molar-refractivity contribution in [3.63, 3.8) is 0 Å². The lowest BCUT2D eigenvalue weighted by atomic mass is 10.1. The Balaban J connectivity index is 2.11. The van der Waals surface area contributed by atoms with Gasteiger partial charge in [0.2, 0.25) is 0 Å². The van der Waals surface area contributed by atoms with E-state index in [0.717, 1.165) is 10.2 Å². The van der Waals surface area contributed by atoms with Crippen molar-refractivity contribution in [1.82, 2.24) is 4.98 Å². The normalized spacial score (nSPS) is 12.2. The number of anilines is 1. The first-order valence-corrected chi connectivity index (χ1v) is 6.46. The molecule has 0 spiro atoms. The van der Waals surface area contributed by atoms with Crippen LogP contribution in [0, 0.1) is 0 Å². The summed E-state index contributed by atoms with van der Waals surface area (Å²) in [5.41, 5.74) is 2.20. The van der Waals surface area contributed by atoms with Crippen molar-refractivity contribution in [2.75, 3.05) is 5.32 Å². The highest BCUT2D eigenvalue weighted by Gasteiger charge is 2.05. The molecular weight excluding hydrogens is 300 g/mol. The zero-order valence-corrected chi connectivity index (χ0v) is 11.7. The van der Waals surface area contributed by atoms with Gasteiger partial charge in [-0.05, 0) is 36.8 Å². The first kappa shape index (κ1) is 12.4.